The summed E-state index contributed by atoms with van der Waals surface area (Å²) in [6.45, 7) is 11.1. The Hall–Kier alpha value is -0.520. The molecule has 1 aliphatic rings. The van der Waals surface area contributed by atoms with Gasteiger partial charge in [0.2, 0.25) is 0 Å². The Morgan fingerprint density at radius 1 is 1.32 bits per heavy atom. The molecule has 0 spiro atoms. The minimum Gasteiger partial charge on any atom is -0.378 e. The van der Waals surface area contributed by atoms with Crippen molar-refractivity contribution in [2.75, 3.05) is 12.4 Å². The molecule has 142 valence electrons. The van der Waals surface area contributed by atoms with E-state index in [1.165, 1.54) is 17.5 Å². The Kier molecular flexibility index (Phi) is 7.41. The Balaban J connectivity index is 1.87. The smallest absolute Gasteiger partial charge is 0.287 e. The summed E-state index contributed by atoms with van der Waals surface area (Å²) in [4.78, 5) is 13.2. The van der Waals surface area contributed by atoms with Crippen molar-refractivity contribution in [3.8, 4) is 0 Å². The van der Waals surface area contributed by atoms with Crippen LogP contribution in [0, 0.1) is 11.8 Å². The highest BCUT2D eigenvalue weighted by atomic mass is 35.5. The number of halogens is 1. The summed E-state index contributed by atoms with van der Waals surface area (Å²) in [6.07, 6.45) is 6.78. The molecule has 0 N–H and O–H groups in total. The number of hydrogen-bond donors (Lipinski definition) is 0. The monoisotopic (exact) mass is 386 g/mol. The second kappa shape index (κ2) is 8.92. The van der Waals surface area contributed by atoms with Crippen LogP contribution in [0.2, 0.25) is 5.02 Å². The van der Waals surface area contributed by atoms with Gasteiger partial charge >= 0.3 is 0 Å². The molecule has 4 nitrogen and oxygen atoms in total. The van der Waals surface area contributed by atoms with Gasteiger partial charge in [-0.2, -0.15) is 5.10 Å². The molecule has 0 saturated heterocycles. The van der Waals surface area contributed by atoms with Gasteiger partial charge in [-0.15, -0.1) is 11.8 Å². The normalized spacial score (nSPS) is 21.7. The Morgan fingerprint density at radius 3 is 2.52 bits per heavy atom. The molecule has 1 fully saturated rings. The van der Waals surface area contributed by atoms with Crippen LogP contribution < -0.4 is 5.56 Å². The molecule has 0 radical (unpaired) electrons. The van der Waals surface area contributed by atoms with E-state index in [-0.39, 0.29) is 11.1 Å². The van der Waals surface area contributed by atoms with E-state index in [1.54, 1.807) is 18.0 Å². The Labute approximate surface area is 160 Å². The third kappa shape index (κ3) is 6.00. The van der Waals surface area contributed by atoms with E-state index < -0.39 is 0 Å². The van der Waals surface area contributed by atoms with Crippen LogP contribution in [0.5, 0.6) is 0 Å². The highest BCUT2D eigenvalue weighted by Crippen LogP contribution is 2.33. The van der Waals surface area contributed by atoms with Crippen LogP contribution in [0.1, 0.15) is 60.3 Å². The molecule has 1 aromatic heterocycles. The van der Waals surface area contributed by atoms with Gasteiger partial charge in [-0.25, -0.2) is 4.68 Å². The van der Waals surface area contributed by atoms with E-state index >= 15 is 0 Å². The highest BCUT2D eigenvalue weighted by molar-refractivity contribution is 7.99. The number of ether oxygens (including phenoxy) is 1. The standard InChI is InChI=1S/C19H31ClN2O2S/c1-13(2)11-24-15-8-6-14(7-9-15)12-25-16-10-21-22(19(3,4)5)18(23)17(16)20/h10,13-15H,6-9,11-12H2,1-5H3. The van der Waals surface area contributed by atoms with Crippen LogP contribution >= 0.6 is 23.4 Å². The van der Waals surface area contributed by atoms with Crippen molar-refractivity contribution in [2.45, 2.75) is 76.8 Å². The van der Waals surface area contributed by atoms with Crippen LogP contribution in [0.25, 0.3) is 0 Å². The summed E-state index contributed by atoms with van der Waals surface area (Å²) in [5.41, 5.74) is -0.567. The lowest BCUT2D eigenvalue weighted by atomic mass is 9.89. The minimum absolute atomic E-state index is 0.204. The van der Waals surface area contributed by atoms with E-state index in [1.807, 2.05) is 20.8 Å². The first-order valence-corrected chi connectivity index (χ1v) is 10.6. The molecule has 0 aliphatic heterocycles. The second-order valence-electron chi connectivity index (χ2n) is 8.39. The molecule has 1 aliphatic carbocycles. The summed E-state index contributed by atoms with van der Waals surface area (Å²) in [7, 11) is 0. The van der Waals surface area contributed by atoms with Crippen molar-refractivity contribution in [1.82, 2.24) is 9.78 Å². The van der Waals surface area contributed by atoms with E-state index in [0.717, 1.165) is 30.1 Å². The zero-order valence-corrected chi connectivity index (χ0v) is 17.6. The molecule has 25 heavy (non-hydrogen) atoms. The van der Waals surface area contributed by atoms with Gasteiger partial charge in [0.1, 0.15) is 5.02 Å². The lowest BCUT2D eigenvalue weighted by Crippen LogP contribution is -2.36. The average molecular weight is 387 g/mol. The third-order valence-electron chi connectivity index (χ3n) is 4.46. The lowest BCUT2D eigenvalue weighted by Gasteiger charge is -2.29. The molecule has 2 rings (SSSR count). The topological polar surface area (TPSA) is 44.1 Å². The second-order valence-corrected chi connectivity index (χ2v) is 9.83. The quantitative estimate of drug-likeness (QED) is 0.647. The molecule has 0 aromatic carbocycles. The van der Waals surface area contributed by atoms with E-state index in [9.17, 15) is 4.79 Å². The number of hydrogen-bond acceptors (Lipinski definition) is 4. The Morgan fingerprint density at radius 2 is 1.96 bits per heavy atom. The maximum absolute atomic E-state index is 12.4. The summed E-state index contributed by atoms with van der Waals surface area (Å²) in [6, 6.07) is 0. The first-order valence-electron chi connectivity index (χ1n) is 9.21. The molecular formula is C19H31ClN2O2S. The van der Waals surface area contributed by atoms with Gasteiger partial charge in [0, 0.05) is 12.4 Å². The Bertz CT molecular complexity index is 617. The van der Waals surface area contributed by atoms with Crippen molar-refractivity contribution in [3.05, 3.63) is 21.6 Å². The molecule has 1 heterocycles. The van der Waals surface area contributed by atoms with Crippen molar-refractivity contribution < 1.29 is 4.74 Å². The van der Waals surface area contributed by atoms with Gasteiger partial charge < -0.3 is 4.74 Å². The van der Waals surface area contributed by atoms with Crippen LogP contribution in [-0.2, 0) is 10.3 Å². The molecule has 0 amide bonds. The van der Waals surface area contributed by atoms with Gasteiger partial charge in [-0.1, -0.05) is 25.4 Å². The number of thioether (sulfide) groups is 1. The van der Waals surface area contributed by atoms with Gasteiger partial charge in [-0.3, -0.25) is 4.79 Å². The van der Waals surface area contributed by atoms with Crippen molar-refractivity contribution in [1.29, 1.82) is 0 Å². The van der Waals surface area contributed by atoms with Gasteiger partial charge in [0.25, 0.3) is 5.56 Å². The fourth-order valence-electron chi connectivity index (χ4n) is 3.00. The maximum atomic E-state index is 12.4. The van der Waals surface area contributed by atoms with Crippen molar-refractivity contribution >= 4 is 23.4 Å². The number of rotatable bonds is 6. The van der Waals surface area contributed by atoms with Gasteiger partial charge in [-0.05, 0) is 58.3 Å². The first kappa shape index (κ1) is 20.8. The molecule has 0 unspecified atom stereocenters. The van der Waals surface area contributed by atoms with Gasteiger partial charge in [0.05, 0.1) is 22.7 Å². The molecule has 1 aromatic rings. The highest BCUT2D eigenvalue weighted by Gasteiger charge is 2.23. The van der Waals surface area contributed by atoms with E-state index in [0.29, 0.717) is 23.0 Å². The lowest BCUT2D eigenvalue weighted by molar-refractivity contribution is 0.00650. The summed E-state index contributed by atoms with van der Waals surface area (Å²) in [5.74, 6) is 2.24. The van der Waals surface area contributed by atoms with Crippen LogP contribution in [0.4, 0.5) is 0 Å². The predicted molar refractivity (Wildman–Crippen MR) is 106 cm³/mol. The summed E-state index contributed by atoms with van der Waals surface area (Å²) in [5, 5.41) is 4.60. The largest absolute Gasteiger partial charge is 0.378 e. The predicted octanol–water partition coefficient (Wildman–Crippen LogP) is 4.98. The SMILES string of the molecule is CC(C)COC1CCC(CSc2cnn(C(C)(C)C)c(=O)c2Cl)CC1. The summed E-state index contributed by atoms with van der Waals surface area (Å²) < 4.78 is 7.41. The molecular weight excluding hydrogens is 356 g/mol. The van der Waals surface area contributed by atoms with Gasteiger partial charge in [0.15, 0.2) is 0 Å². The number of aromatic nitrogens is 2. The zero-order chi connectivity index (χ0) is 18.6. The molecule has 0 atom stereocenters. The first-order chi connectivity index (χ1) is 11.7. The number of nitrogens with zero attached hydrogens (tertiary/aromatic N) is 2. The fourth-order valence-corrected chi connectivity index (χ4v) is 4.37. The van der Waals surface area contributed by atoms with Crippen LogP contribution in [0.15, 0.2) is 15.9 Å². The maximum Gasteiger partial charge on any atom is 0.287 e. The van der Waals surface area contributed by atoms with E-state index in [2.05, 4.69) is 18.9 Å². The molecule has 6 heteroatoms. The van der Waals surface area contributed by atoms with Crippen molar-refractivity contribution in [3.63, 3.8) is 0 Å². The zero-order valence-electron chi connectivity index (χ0n) is 16.0. The summed E-state index contributed by atoms with van der Waals surface area (Å²) >= 11 is 7.96. The fraction of sp³-hybridized carbons (Fsp3) is 0.789. The van der Waals surface area contributed by atoms with Crippen LogP contribution in [0.3, 0.4) is 0 Å². The molecule has 1 saturated carbocycles. The van der Waals surface area contributed by atoms with Crippen LogP contribution in [-0.4, -0.2) is 28.2 Å². The molecule has 0 bridgehead atoms. The average Bonchev–Trinajstić information content (AvgIpc) is 2.54. The van der Waals surface area contributed by atoms with Crippen molar-refractivity contribution in [2.24, 2.45) is 11.8 Å². The third-order valence-corrected chi connectivity index (χ3v) is 6.19. The minimum atomic E-state index is -0.363. The van der Waals surface area contributed by atoms with E-state index in [4.69, 9.17) is 16.3 Å².